The van der Waals surface area contributed by atoms with Crippen LogP contribution in [0.15, 0.2) is 0 Å². The highest BCUT2D eigenvalue weighted by molar-refractivity contribution is 5.96. The molecular weight excluding hydrogens is 467 g/mol. The lowest BCUT2D eigenvalue weighted by Gasteiger charge is -2.44. The first-order valence-corrected chi connectivity index (χ1v) is 9.64. The molecule has 33 heavy (non-hydrogen) atoms. The zero-order valence-electron chi connectivity index (χ0n) is 17.7. The van der Waals surface area contributed by atoms with Gasteiger partial charge in [-0.2, -0.15) is 13.2 Å². The maximum absolute atomic E-state index is 14.6. The van der Waals surface area contributed by atoms with Crippen molar-refractivity contribution >= 4 is 23.5 Å². The number of amides is 1. The van der Waals surface area contributed by atoms with Crippen molar-refractivity contribution in [2.75, 3.05) is 18.6 Å². The lowest BCUT2D eigenvalue weighted by molar-refractivity contribution is -0.145. The monoisotopic (exact) mass is 487 g/mol. The number of rotatable bonds is 6. The van der Waals surface area contributed by atoms with E-state index < -0.39 is 82.8 Å². The van der Waals surface area contributed by atoms with Crippen LogP contribution in [-0.2, 0) is 30.0 Å². The van der Waals surface area contributed by atoms with Gasteiger partial charge in [-0.25, -0.2) is 17.6 Å². The summed E-state index contributed by atoms with van der Waals surface area (Å²) in [6.07, 6.45) is -7.67. The SMILES string of the molecule is CCOC(=O)CC1CC(C)(CC(=O)OC)CC(=O)N1c1c(F)c(F)c(C(F)(F)F)c(F)c1F. The van der Waals surface area contributed by atoms with Gasteiger partial charge in [0, 0.05) is 12.5 Å². The Morgan fingerprint density at radius 2 is 1.61 bits per heavy atom. The first-order valence-electron chi connectivity index (χ1n) is 9.64. The van der Waals surface area contributed by atoms with E-state index in [9.17, 15) is 45.1 Å². The third-order valence-corrected chi connectivity index (χ3v) is 5.21. The second-order valence-electron chi connectivity index (χ2n) is 7.85. The number of benzene rings is 1. The molecule has 184 valence electrons. The highest BCUT2D eigenvalue weighted by Crippen LogP contribution is 2.45. The van der Waals surface area contributed by atoms with Crippen LogP contribution in [0.25, 0.3) is 0 Å². The molecule has 6 nitrogen and oxygen atoms in total. The van der Waals surface area contributed by atoms with Gasteiger partial charge in [-0.15, -0.1) is 0 Å². The van der Waals surface area contributed by atoms with E-state index in [0.29, 0.717) is 0 Å². The fourth-order valence-electron chi connectivity index (χ4n) is 3.91. The summed E-state index contributed by atoms with van der Waals surface area (Å²) in [7, 11) is 1.08. The summed E-state index contributed by atoms with van der Waals surface area (Å²) < 4.78 is 106. The molecule has 2 rings (SSSR count). The van der Waals surface area contributed by atoms with Crippen LogP contribution in [-0.4, -0.2) is 37.6 Å². The second kappa shape index (κ2) is 9.56. The molecule has 0 spiro atoms. The van der Waals surface area contributed by atoms with Gasteiger partial charge < -0.3 is 14.4 Å². The van der Waals surface area contributed by atoms with Crippen LogP contribution in [0.1, 0.15) is 45.1 Å². The largest absolute Gasteiger partial charge is 0.469 e. The quantitative estimate of drug-likeness (QED) is 0.340. The Morgan fingerprint density at radius 3 is 2.06 bits per heavy atom. The van der Waals surface area contributed by atoms with Crippen LogP contribution in [0.2, 0.25) is 0 Å². The van der Waals surface area contributed by atoms with Gasteiger partial charge in [-0.05, 0) is 18.8 Å². The van der Waals surface area contributed by atoms with Crippen LogP contribution in [0, 0.1) is 28.7 Å². The van der Waals surface area contributed by atoms with E-state index in [4.69, 9.17) is 4.74 Å². The Bertz CT molecular complexity index is 936. The Hall–Kier alpha value is -2.86. The van der Waals surface area contributed by atoms with Crippen molar-refractivity contribution < 1.29 is 54.6 Å². The standard InChI is InChI=1S/C20H20F7NO5/c1-4-33-11(30)5-9-6-19(2,8-12(31)32-3)7-10(29)28(9)18-16(23)14(21)13(20(25,26)27)15(22)17(18)24/h9H,4-8H2,1-3H3. The third kappa shape index (κ3) is 5.38. The highest BCUT2D eigenvalue weighted by Gasteiger charge is 2.48. The molecule has 0 radical (unpaired) electrons. The van der Waals surface area contributed by atoms with Gasteiger partial charge in [-0.1, -0.05) is 6.92 Å². The summed E-state index contributed by atoms with van der Waals surface area (Å²) in [5.74, 6) is -13.2. The minimum atomic E-state index is -5.76. The first kappa shape index (κ1) is 26.4. The summed E-state index contributed by atoms with van der Waals surface area (Å²) in [6.45, 7) is 2.78. The van der Waals surface area contributed by atoms with Gasteiger partial charge >= 0.3 is 18.1 Å². The average Bonchev–Trinajstić information content (AvgIpc) is 2.67. The molecule has 1 aromatic rings. The molecule has 13 heteroatoms. The number of carbonyl (C=O) groups is 3. The van der Waals surface area contributed by atoms with Crippen molar-refractivity contribution in [1.29, 1.82) is 0 Å². The maximum Gasteiger partial charge on any atom is 0.422 e. The van der Waals surface area contributed by atoms with E-state index in [1.165, 1.54) is 13.8 Å². The summed E-state index contributed by atoms with van der Waals surface area (Å²) >= 11 is 0. The zero-order chi connectivity index (χ0) is 25.3. The summed E-state index contributed by atoms with van der Waals surface area (Å²) in [5.41, 5.74) is -5.67. The van der Waals surface area contributed by atoms with E-state index in [1.807, 2.05) is 0 Å². The average molecular weight is 487 g/mol. The number of carbonyl (C=O) groups excluding carboxylic acids is 3. The molecule has 2 atom stereocenters. The number of anilines is 1. The van der Waals surface area contributed by atoms with Crippen molar-refractivity contribution in [2.24, 2.45) is 5.41 Å². The highest BCUT2D eigenvalue weighted by atomic mass is 19.4. The lowest BCUT2D eigenvalue weighted by atomic mass is 9.73. The molecule has 0 N–H and O–H groups in total. The molecule has 1 amide bonds. The summed E-state index contributed by atoms with van der Waals surface area (Å²) in [5, 5.41) is 0. The van der Waals surface area contributed by atoms with E-state index in [1.54, 1.807) is 0 Å². The molecular formula is C20H20F7NO5. The number of ether oxygens (including phenoxy) is 2. The van der Waals surface area contributed by atoms with Crippen LogP contribution in [0.5, 0.6) is 0 Å². The zero-order valence-corrected chi connectivity index (χ0v) is 17.7. The van der Waals surface area contributed by atoms with Gasteiger partial charge in [0.05, 0.1) is 26.6 Å². The number of hydrogen-bond donors (Lipinski definition) is 0. The number of nitrogens with zero attached hydrogens (tertiary/aromatic N) is 1. The molecule has 0 saturated carbocycles. The first-order chi connectivity index (χ1) is 15.2. The molecule has 0 bridgehead atoms. The molecule has 1 aliphatic heterocycles. The number of alkyl halides is 3. The number of esters is 2. The van der Waals surface area contributed by atoms with E-state index in [2.05, 4.69) is 4.74 Å². The van der Waals surface area contributed by atoms with Crippen LogP contribution >= 0.6 is 0 Å². The Kier molecular flexibility index (Phi) is 7.64. The van der Waals surface area contributed by atoms with Crippen molar-refractivity contribution in [3.63, 3.8) is 0 Å². The molecule has 1 aliphatic rings. The maximum atomic E-state index is 14.6. The molecule has 2 unspecified atom stereocenters. The van der Waals surface area contributed by atoms with Crippen molar-refractivity contribution in [2.45, 2.75) is 51.7 Å². The van der Waals surface area contributed by atoms with Crippen molar-refractivity contribution in [3.8, 4) is 0 Å². The minimum absolute atomic E-state index is 0.106. The molecule has 1 aromatic carbocycles. The van der Waals surface area contributed by atoms with Crippen molar-refractivity contribution in [1.82, 2.24) is 0 Å². The fraction of sp³-hybridized carbons (Fsp3) is 0.550. The smallest absolute Gasteiger partial charge is 0.422 e. The van der Waals surface area contributed by atoms with Gasteiger partial charge in [0.1, 0.15) is 11.3 Å². The number of halogens is 7. The van der Waals surface area contributed by atoms with Gasteiger partial charge in [-0.3, -0.25) is 14.4 Å². The topological polar surface area (TPSA) is 72.9 Å². The Balaban J connectivity index is 2.64. The number of methoxy groups -OCH3 is 1. The number of piperidine rings is 1. The summed E-state index contributed by atoms with van der Waals surface area (Å²) in [6, 6.07) is -1.49. The van der Waals surface area contributed by atoms with Crippen LogP contribution < -0.4 is 4.90 Å². The molecule has 0 aliphatic carbocycles. The van der Waals surface area contributed by atoms with Crippen LogP contribution in [0.3, 0.4) is 0 Å². The molecule has 1 saturated heterocycles. The number of hydrogen-bond acceptors (Lipinski definition) is 5. The van der Waals surface area contributed by atoms with Crippen LogP contribution in [0.4, 0.5) is 36.4 Å². The molecule has 1 heterocycles. The Morgan fingerprint density at radius 1 is 1.06 bits per heavy atom. The third-order valence-electron chi connectivity index (χ3n) is 5.21. The molecule has 0 aromatic heterocycles. The molecule has 1 fully saturated rings. The van der Waals surface area contributed by atoms with Gasteiger partial charge in [0.15, 0.2) is 23.3 Å². The second-order valence-corrected chi connectivity index (χ2v) is 7.85. The lowest BCUT2D eigenvalue weighted by Crippen LogP contribution is -2.52. The predicted octanol–water partition coefficient (Wildman–Crippen LogP) is 4.28. The van der Waals surface area contributed by atoms with Gasteiger partial charge in [0.2, 0.25) is 5.91 Å². The minimum Gasteiger partial charge on any atom is -0.469 e. The van der Waals surface area contributed by atoms with E-state index in [-0.39, 0.29) is 24.3 Å². The van der Waals surface area contributed by atoms with Crippen molar-refractivity contribution in [3.05, 3.63) is 28.8 Å². The summed E-state index contributed by atoms with van der Waals surface area (Å²) in [4.78, 5) is 36.9. The van der Waals surface area contributed by atoms with E-state index in [0.717, 1.165) is 7.11 Å². The predicted molar refractivity (Wildman–Crippen MR) is 97.8 cm³/mol. The fourth-order valence-corrected chi connectivity index (χ4v) is 3.91. The van der Waals surface area contributed by atoms with Gasteiger partial charge in [0.25, 0.3) is 0 Å². The van der Waals surface area contributed by atoms with E-state index >= 15 is 0 Å². The Labute approximate surface area is 183 Å². The normalized spacial score (nSPS) is 21.2.